The lowest BCUT2D eigenvalue weighted by atomic mass is 9.92. The van der Waals surface area contributed by atoms with Crippen LogP contribution in [0.1, 0.15) is 31.2 Å². The Morgan fingerprint density at radius 3 is 2.95 bits per heavy atom. The summed E-state index contributed by atoms with van der Waals surface area (Å²) in [5.74, 6) is 1.27. The number of phenolic OH excluding ortho intramolecular Hbond substituents is 1. The molecule has 2 aliphatic rings. The molecule has 3 nitrogen and oxygen atoms in total. The first-order valence-electron chi connectivity index (χ1n) is 6.90. The van der Waals surface area contributed by atoms with Gasteiger partial charge in [0.05, 0.1) is 17.9 Å². The summed E-state index contributed by atoms with van der Waals surface area (Å²) in [6, 6.07) is 6.11. The second-order valence-corrected chi connectivity index (χ2v) is 6.09. The van der Waals surface area contributed by atoms with E-state index in [-0.39, 0.29) is 5.75 Å². The van der Waals surface area contributed by atoms with Crippen molar-refractivity contribution in [2.24, 2.45) is 10.9 Å². The van der Waals surface area contributed by atoms with Crippen LogP contribution in [0.25, 0.3) is 0 Å². The molecule has 3 unspecified atom stereocenters. The van der Waals surface area contributed by atoms with Crippen LogP contribution in [0, 0.1) is 5.92 Å². The van der Waals surface area contributed by atoms with Gasteiger partial charge in [0.25, 0.3) is 0 Å². The van der Waals surface area contributed by atoms with Gasteiger partial charge in [-0.05, 0) is 24.8 Å². The van der Waals surface area contributed by atoms with Gasteiger partial charge in [-0.3, -0.25) is 4.99 Å². The first kappa shape index (κ1) is 12.8. The van der Waals surface area contributed by atoms with E-state index in [1.54, 1.807) is 6.07 Å². The number of para-hydroxylation sites is 1. The Morgan fingerprint density at radius 2 is 2.21 bits per heavy atom. The fourth-order valence-corrected chi connectivity index (χ4v) is 3.62. The minimum absolute atomic E-state index is 0.254. The van der Waals surface area contributed by atoms with Crippen LogP contribution >= 0.6 is 11.6 Å². The van der Waals surface area contributed by atoms with Crippen molar-refractivity contribution in [3.63, 3.8) is 0 Å². The van der Waals surface area contributed by atoms with E-state index in [0.29, 0.717) is 22.9 Å². The molecule has 1 aromatic rings. The molecule has 1 aliphatic heterocycles. The zero-order chi connectivity index (χ0) is 13.4. The first-order valence-corrected chi connectivity index (χ1v) is 7.27. The number of aliphatic imine (C=N–C) groups is 1. The second kappa shape index (κ2) is 5.04. The van der Waals surface area contributed by atoms with Crippen LogP contribution in [0.4, 0.5) is 0 Å². The molecular formula is C15H19ClN2O. The fourth-order valence-electron chi connectivity index (χ4n) is 3.44. The topological polar surface area (TPSA) is 35.8 Å². The molecule has 1 fully saturated rings. The van der Waals surface area contributed by atoms with Gasteiger partial charge in [0.2, 0.25) is 0 Å². The van der Waals surface area contributed by atoms with E-state index >= 15 is 0 Å². The van der Waals surface area contributed by atoms with Crippen LogP contribution in [0.3, 0.4) is 0 Å². The lowest BCUT2D eigenvalue weighted by molar-refractivity contribution is 0.314. The number of rotatable bonds is 2. The van der Waals surface area contributed by atoms with Gasteiger partial charge in [-0.25, -0.2) is 0 Å². The van der Waals surface area contributed by atoms with Crippen LogP contribution < -0.4 is 0 Å². The Labute approximate surface area is 118 Å². The van der Waals surface area contributed by atoms with Gasteiger partial charge in [0.15, 0.2) is 0 Å². The number of phenols is 1. The van der Waals surface area contributed by atoms with Crippen molar-refractivity contribution >= 4 is 17.9 Å². The third-order valence-electron chi connectivity index (χ3n) is 4.33. The SMILES string of the molecule is CC1CC(c2cccc(Cl)c2O)C(N2C=NCC2)C1. The number of halogens is 1. The molecule has 1 heterocycles. The number of nitrogens with zero attached hydrogens (tertiary/aromatic N) is 2. The predicted octanol–water partition coefficient (Wildman–Crippen LogP) is 3.27. The van der Waals surface area contributed by atoms with E-state index in [0.717, 1.165) is 31.5 Å². The molecule has 0 bridgehead atoms. The molecule has 3 rings (SSSR count). The summed E-state index contributed by atoms with van der Waals surface area (Å²) in [5, 5.41) is 10.7. The summed E-state index contributed by atoms with van der Waals surface area (Å²) in [7, 11) is 0. The summed E-state index contributed by atoms with van der Waals surface area (Å²) in [5.41, 5.74) is 0.988. The Balaban J connectivity index is 1.92. The largest absolute Gasteiger partial charge is 0.506 e. The predicted molar refractivity (Wildman–Crippen MR) is 78.1 cm³/mol. The van der Waals surface area contributed by atoms with E-state index in [4.69, 9.17) is 11.6 Å². The molecule has 1 aliphatic carbocycles. The standard InChI is InChI=1S/C15H19ClN2O/c1-10-7-12(11-3-2-4-13(16)15(11)19)14(8-10)18-6-5-17-9-18/h2-4,9-10,12,14,19H,5-8H2,1H3. The molecule has 0 spiro atoms. The van der Waals surface area contributed by atoms with Gasteiger partial charge in [-0.15, -0.1) is 0 Å². The average molecular weight is 279 g/mol. The Hall–Kier alpha value is -1.22. The Morgan fingerprint density at radius 1 is 1.37 bits per heavy atom. The van der Waals surface area contributed by atoms with E-state index in [2.05, 4.69) is 16.8 Å². The van der Waals surface area contributed by atoms with Crippen LogP contribution in [-0.2, 0) is 0 Å². The van der Waals surface area contributed by atoms with Crippen molar-refractivity contribution in [2.75, 3.05) is 13.1 Å². The van der Waals surface area contributed by atoms with Gasteiger partial charge in [0.1, 0.15) is 5.75 Å². The van der Waals surface area contributed by atoms with Gasteiger partial charge in [-0.2, -0.15) is 0 Å². The summed E-state index contributed by atoms with van der Waals surface area (Å²) < 4.78 is 0. The lowest BCUT2D eigenvalue weighted by Gasteiger charge is -2.29. The van der Waals surface area contributed by atoms with Gasteiger partial charge in [-0.1, -0.05) is 30.7 Å². The Kier molecular flexibility index (Phi) is 3.40. The summed E-state index contributed by atoms with van der Waals surface area (Å²) in [6.07, 6.45) is 4.23. The zero-order valence-electron chi connectivity index (χ0n) is 11.1. The quantitative estimate of drug-likeness (QED) is 0.901. The third kappa shape index (κ3) is 2.32. The maximum absolute atomic E-state index is 10.2. The molecule has 1 aromatic carbocycles. The maximum Gasteiger partial charge on any atom is 0.137 e. The number of hydrogen-bond acceptors (Lipinski definition) is 3. The second-order valence-electron chi connectivity index (χ2n) is 5.69. The average Bonchev–Trinajstić information content (AvgIpc) is 3.01. The van der Waals surface area contributed by atoms with Crippen molar-refractivity contribution in [3.8, 4) is 5.75 Å². The summed E-state index contributed by atoms with van der Waals surface area (Å²) >= 11 is 6.05. The van der Waals surface area contributed by atoms with Crippen molar-refractivity contribution in [1.29, 1.82) is 0 Å². The lowest BCUT2D eigenvalue weighted by Crippen LogP contribution is -2.34. The first-order chi connectivity index (χ1) is 9.16. The highest BCUT2D eigenvalue weighted by Gasteiger charge is 2.38. The van der Waals surface area contributed by atoms with E-state index in [1.165, 1.54) is 0 Å². The number of hydrogen-bond donors (Lipinski definition) is 1. The highest BCUT2D eigenvalue weighted by atomic mass is 35.5. The van der Waals surface area contributed by atoms with Crippen LogP contribution in [-0.4, -0.2) is 35.5 Å². The highest BCUT2D eigenvalue weighted by molar-refractivity contribution is 6.32. The van der Waals surface area contributed by atoms with Gasteiger partial charge in [0, 0.05) is 24.1 Å². The van der Waals surface area contributed by atoms with E-state index in [9.17, 15) is 5.11 Å². The maximum atomic E-state index is 10.2. The molecule has 102 valence electrons. The van der Waals surface area contributed by atoms with E-state index < -0.39 is 0 Å². The normalized spacial score (nSPS) is 30.2. The summed E-state index contributed by atoms with van der Waals surface area (Å²) in [6.45, 7) is 4.16. The van der Waals surface area contributed by atoms with Gasteiger partial charge >= 0.3 is 0 Å². The molecule has 4 heteroatoms. The number of aromatic hydroxyl groups is 1. The van der Waals surface area contributed by atoms with E-state index in [1.807, 2.05) is 18.5 Å². The highest BCUT2D eigenvalue weighted by Crippen LogP contribution is 2.45. The van der Waals surface area contributed by atoms with Gasteiger partial charge < -0.3 is 10.0 Å². The molecule has 1 saturated carbocycles. The molecule has 1 N–H and O–H groups in total. The van der Waals surface area contributed by atoms with Crippen LogP contribution in [0.5, 0.6) is 5.75 Å². The van der Waals surface area contributed by atoms with Crippen molar-refractivity contribution in [2.45, 2.75) is 31.7 Å². The minimum Gasteiger partial charge on any atom is -0.506 e. The molecule has 0 radical (unpaired) electrons. The van der Waals surface area contributed by atoms with Crippen molar-refractivity contribution < 1.29 is 5.11 Å². The minimum atomic E-state index is 0.254. The molecule has 0 amide bonds. The third-order valence-corrected chi connectivity index (χ3v) is 4.63. The van der Waals surface area contributed by atoms with Crippen LogP contribution in [0.15, 0.2) is 23.2 Å². The molecule has 3 atom stereocenters. The van der Waals surface area contributed by atoms with Crippen molar-refractivity contribution in [3.05, 3.63) is 28.8 Å². The molecule has 0 aromatic heterocycles. The molecule has 0 saturated heterocycles. The monoisotopic (exact) mass is 278 g/mol. The molecule has 19 heavy (non-hydrogen) atoms. The number of benzene rings is 1. The zero-order valence-corrected chi connectivity index (χ0v) is 11.8. The fraction of sp³-hybridized carbons (Fsp3) is 0.533. The van der Waals surface area contributed by atoms with Crippen LogP contribution in [0.2, 0.25) is 5.02 Å². The molecular weight excluding hydrogens is 260 g/mol. The van der Waals surface area contributed by atoms with Crippen molar-refractivity contribution in [1.82, 2.24) is 4.90 Å². The summed E-state index contributed by atoms with van der Waals surface area (Å²) in [4.78, 5) is 6.64. The smallest absolute Gasteiger partial charge is 0.137 e. The Bertz CT molecular complexity index is 503.